The Bertz CT molecular complexity index is 1060. The number of thiazole rings is 1. The van der Waals surface area contributed by atoms with Gasteiger partial charge < -0.3 is 9.30 Å². The van der Waals surface area contributed by atoms with Gasteiger partial charge in [-0.3, -0.25) is 9.59 Å². The lowest BCUT2D eigenvalue weighted by molar-refractivity contribution is -0.140. The predicted octanol–water partition coefficient (Wildman–Crippen LogP) is 3.75. The molecule has 0 spiro atoms. The summed E-state index contributed by atoms with van der Waals surface area (Å²) >= 11 is 3.28. The number of carbonyl (C=O) groups is 2. The van der Waals surface area contributed by atoms with Crippen molar-refractivity contribution >= 4 is 56.0 Å². The lowest BCUT2D eigenvalue weighted by Gasteiger charge is -2.05. The minimum atomic E-state index is -0.424. The molecule has 0 saturated carbocycles. The number of methoxy groups -OCH3 is 1. The number of hydrogen-bond donors (Lipinski definition) is 0. The topological polar surface area (TPSA) is 60.7 Å². The van der Waals surface area contributed by atoms with E-state index in [0.717, 1.165) is 3.57 Å². The summed E-state index contributed by atoms with van der Waals surface area (Å²) in [6.07, 6.45) is 0.0565. The fraction of sp³-hybridized carbons (Fsp3) is 0.167. The predicted molar refractivity (Wildman–Crippen MR) is 105 cm³/mol. The van der Waals surface area contributed by atoms with E-state index in [-0.39, 0.29) is 13.0 Å². The second kappa shape index (κ2) is 8.09. The SMILES string of the molecule is COC(=O)CCn1c(=NC(=O)c2ccccc2I)sc2cccc(F)c21. The first-order valence-electron chi connectivity index (χ1n) is 7.69. The minimum absolute atomic E-state index is 0.0565. The Kier molecular flexibility index (Phi) is 5.82. The van der Waals surface area contributed by atoms with Gasteiger partial charge in [-0.2, -0.15) is 4.99 Å². The van der Waals surface area contributed by atoms with Crippen LogP contribution in [0.1, 0.15) is 16.8 Å². The van der Waals surface area contributed by atoms with Gasteiger partial charge in [0.25, 0.3) is 5.91 Å². The Morgan fingerprint density at radius 3 is 2.73 bits per heavy atom. The van der Waals surface area contributed by atoms with Crippen molar-refractivity contribution in [2.75, 3.05) is 7.11 Å². The Labute approximate surface area is 166 Å². The lowest BCUT2D eigenvalue weighted by atomic mass is 10.2. The molecule has 5 nitrogen and oxygen atoms in total. The zero-order chi connectivity index (χ0) is 18.7. The highest BCUT2D eigenvalue weighted by atomic mass is 127. The van der Waals surface area contributed by atoms with Gasteiger partial charge in [0.05, 0.1) is 29.3 Å². The number of hydrogen-bond acceptors (Lipinski definition) is 4. The molecule has 134 valence electrons. The van der Waals surface area contributed by atoms with Crippen molar-refractivity contribution in [2.24, 2.45) is 4.99 Å². The summed E-state index contributed by atoms with van der Waals surface area (Å²) in [4.78, 5) is 28.6. The molecule has 0 unspecified atom stereocenters. The van der Waals surface area contributed by atoms with Crippen LogP contribution in [0.2, 0.25) is 0 Å². The molecule has 3 rings (SSSR count). The third kappa shape index (κ3) is 3.85. The molecular weight excluding hydrogens is 470 g/mol. The molecule has 0 aliphatic rings. The van der Waals surface area contributed by atoms with Crippen LogP contribution in [-0.2, 0) is 16.1 Å². The van der Waals surface area contributed by atoms with Crippen molar-refractivity contribution in [1.82, 2.24) is 4.57 Å². The summed E-state index contributed by atoms with van der Waals surface area (Å²) in [5.74, 6) is -1.25. The number of esters is 1. The molecule has 1 heterocycles. The average Bonchev–Trinajstić information content (AvgIpc) is 2.98. The summed E-state index contributed by atoms with van der Waals surface area (Å²) < 4.78 is 22.0. The molecule has 2 aromatic carbocycles. The lowest BCUT2D eigenvalue weighted by Crippen LogP contribution is -2.20. The molecule has 0 bridgehead atoms. The highest BCUT2D eigenvalue weighted by Crippen LogP contribution is 2.21. The molecule has 8 heteroatoms. The molecule has 0 atom stereocenters. The van der Waals surface area contributed by atoms with Gasteiger partial charge in [0, 0.05) is 10.1 Å². The van der Waals surface area contributed by atoms with E-state index in [1.165, 1.54) is 24.5 Å². The van der Waals surface area contributed by atoms with Crippen LogP contribution in [-0.4, -0.2) is 23.6 Å². The first kappa shape index (κ1) is 18.7. The van der Waals surface area contributed by atoms with E-state index in [4.69, 9.17) is 0 Å². The maximum Gasteiger partial charge on any atom is 0.307 e. The van der Waals surface area contributed by atoms with Crippen LogP contribution in [0.15, 0.2) is 47.5 Å². The van der Waals surface area contributed by atoms with Crippen LogP contribution in [0.4, 0.5) is 4.39 Å². The fourth-order valence-corrected chi connectivity index (χ4v) is 4.15. The van der Waals surface area contributed by atoms with Crippen LogP contribution in [0, 0.1) is 9.39 Å². The Morgan fingerprint density at radius 1 is 1.23 bits per heavy atom. The molecule has 0 aliphatic heterocycles. The maximum absolute atomic E-state index is 14.3. The van der Waals surface area contributed by atoms with Crippen LogP contribution >= 0.6 is 33.9 Å². The third-order valence-electron chi connectivity index (χ3n) is 3.72. The van der Waals surface area contributed by atoms with Crippen LogP contribution < -0.4 is 4.80 Å². The number of aromatic nitrogens is 1. The van der Waals surface area contributed by atoms with E-state index < -0.39 is 17.7 Å². The standard InChI is InChI=1S/C18H14FIN2O3S/c1-25-15(23)9-10-22-16-12(19)6-4-8-14(16)26-18(22)21-17(24)11-5-2-3-7-13(11)20/h2-8H,9-10H2,1H3. The number of ether oxygens (including phenoxy) is 1. The smallest absolute Gasteiger partial charge is 0.307 e. The Morgan fingerprint density at radius 2 is 2.00 bits per heavy atom. The van der Waals surface area contributed by atoms with Gasteiger partial charge in [-0.05, 0) is 46.9 Å². The summed E-state index contributed by atoms with van der Waals surface area (Å²) in [5.41, 5.74) is 0.807. The molecule has 0 saturated heterocycles. The minimum Gasteiger partial charge on any atom is -0.469 e. The van der Waals surface area contributed by atoms with E-state index in [2.05, 4.69) is 32.3 Å². The molecule has 1 amide bonds. The molecule has 0 fully saturated rings. The van der Waals surface area contributed by atoms with Gasteiger partial charge in [0.1, 0.15) is 5.82 Å². The Balaban J connectivity index is 2.12. The normalized spacial score (nSPS) is 11.7. The van der Waals surface area contributed by atoms with Crippen LogP contribution in [0.3, 0.4) is 0 Å². The molecule has 0 aliphatic carbocycles. The molecule has 0 N–H and O–H groups in total. The van der Waals surface area contributed by atoms with E-state index in [9.17, 15) is 14.0 Å². The number of benzene rings is 2. The first-order valence-corrected chi connectivity index (χ1v) is 9.59. The van der Waals surface area contributed by atoms with Gasteiger partial charge in [0.2, 0.25) is 0 Å². The first-order chi connectivity index (χ1) is 12.5. The number of rotatable bonds is 4. The second-order valence-corrected chi connectivity index (χ2v) is 7.52. The molecule has 1 aromatic heterocycles. The van der Waals surface area contributed by atoms with Crippen molar-refractivity contribution in [3.8, 4) is 0 Å². The number of halogens is 2. The van der Waals surface area contributed by atoms with Crippen LogP contribution in [0.5, 0.6) is 0 Å². The number of amides is 1. The quantitative estimate of drug-likeness (QED) is 0.419. The van der Waals surface area contributed by atoms with E-state index in [0.29, 0.717) is 20.6 Å². The van der Waals surface area contributed by atoms with E-state index in [1.807, 2.05) is 12.1 Å². The summed E-state index contributed by atoms with van der Waals surface area (Å²) in [5, 5.41) is 0. The number of fused-ring (bicyclic) bond motifs is 1. The number of nitrogens with zero attached hydrogens (tertiary/aromatic N) is 2. The zero-order valence-electron chi connectivity index (χ0n) is 13.7. The molecular formula is C18H14FIN2O3S. The molecule has 0 radical (unpaired) electrons. The van der Waals surface area contributed by atoms with Crippen molar-refractivity contribution in [3.05, 3.63) is 62.2 Å². The van der Waals surface area contributed by atoms with Gasteiger partial charge in [-0.1, -0.05) is 29.5 Å². The van der Waals surface area contributed by atoms with E-state index >= 15 is 0 Å². The Hall–Kier alpha value is -2.07. The van der Waals surface area contributed by atoms with Gasteiger partial charge >= 0.3 is 5.97 Å². The largest absolute Gasteiger partial charge is 0.469 e. The van der Waals surface area contributed by atoms with Gasteiger partial charge in [-0.25, -0.2) is 4.39 Å². The van der Waals surface area contributed by atoms with Crippen molar-refractivity contribution in [3.63, 3.8) is 0 Å². The summed E-state index contributed by atoms with van der Waals surface area (Å²) in [7, 11) is 1.30. The number of carbonyl (C=O) groups excluding carboxylic acids is 2. The average molecular weight is 484 g/mol. The molecule has 26 heavy (non-hydrogen) atoms. The van der Waals surface area contributed by atoms with Crippen molar-refractivity contribution < 1.29 is 18.7 Å². The highest BCUT2D eigenvalue weighted by Gasteiger charge is 2.14. The fourth-order valence-electron chi connectivity index (χ4n) is 2.47. The summed E-state index contributed by atoms with van der Waals surface area (Å²) in [6, 6.07) is 11.8. The van der Waals surface area contributed by atoms with Crippen molar-refractivity contribution in [2.45, 2.75) is 13.0 Å². The summed E-state index contributed by atoms with van der Waals surface area (Å²) in [6.45, 7) is 0.172. The van der Waals surface area contributed by atoms with Gasteiger partial charge in [-0.15, -0.1) is 0 Å². The molecule has 3 aromatic rings. The highest BCUT2D eigenvalue weighted by molar-refractivity contribution is 14.1. The maximum atomic E-state index is 14.3. The monoisotopic (exact) mass is 484 g/mol. The number of para-hydroxylation sites is 1. The number of aryl methyl sites for hydroxylation is 1. The second-order valence-electron chi connectivity index (χ2n) is 5.35. The van der Waals surface area contributed by atoms with E-state index in [1.54, 1.807) is 28.8 Å². The third-order valence-corrected chi connectivity index (χ3v) is 5.70. The van der Waals surface area contributed by atoms with Gasteiger partial charge in [0.15, 0.2) is 4.80 Å². The van der Waals surface area contributed by atoms with Crippen molar-refractivity contribution in [1.29, 1.82) is 0 Å². The zero-order valence-corrected chi connectivity index (χ0v) is 16.7. The van der Waals surface area contributed by atoms with Crippen LogP contribution in [0.25, 0.3) is 10.2 Å².